The second kappa shape index (κ2) is 5.09. The summed E-state index contributed by atoms with van der Waals surface area (Å²) >= 11 is 1.63. The highest BCUT2D eigenvalue weighted by Gasteiger charge is 2.18. The molecule has 0 fully saturated rings. The number of hydrogen-bond donors (Lipinski definition) is 1. The van der Waals surface area contributed by atoms with Crippen molar-refractivity contribution < 1.29 is 4.79 Å². The third kappa shape index (κ3) is 2.20. The maximum Gasteiger partial charge on any atom is 0.272 e. The fourth-order valence-corrected chi connectivity index (χ4v) is 3.01. The van der Waals surface area contributed by atoms with Gasteiger partial charge in [-0.1, -0.05) is 18.2 Å². The Kier molecular flexibility index (Phi) is 3.28. The lowest BCUT2D eigenvalue weighted by atomic mass is 10.1. The van der Waals surface area contributed by atoms with Gasteiger partial charge in [0.2, 0.25) is 0 Å². The molecule has 2 heterocycles. The Hall–Kier alpha value is -2.14. The molecule has 0 aliphatic carbocycles. The van der Waals surface area contributed by atoms with Crippen LogP contribution in [0.3, 0.4) is 0 Å². The molecule has 5 heteroatoms. The number of amides is 1. The Morgan fingerprint density at radius 2 is 2.15 bits per heavy atom. The van der Waals surface area contributed by atoms with E-state index in [1.165, 1.54) is 0 Å². The first-order valence-electron chi connectivity index (χ1n) is 6.41. The molecular weight excluding hydrogens is 270 g/mol. The van der Waals surface area contributed by atoms with Crippen LogP contribution < -0.4 is 5.32 Å². The maximum absolute atomic E-state index is 12.4. The summed E-state index contributed by atoms with van der Waals surface area (Å²) in [5.41, 5.74) is 2.55. The van der Waals surface area contributed by atoms with Gasteiger partial charge in [0, 0.05) is 12.4 Å². The quantitative estimate of drug-likeness (QED) is 0.803. The van der Waals surface area contributed by atoms with Crippen LogP contribution in [0.4, 0.5) is 0 Å². The number of hydrogen-bond acceptors (Lipinski definition) is 3. The normalized spacial score (nSPS) is 12.5. The van der Waals surface area contributed by atoms with E-state index in [0.717, 1.165) is 16.5 Å². The Labute approximate surface area is 121 Å². The van der Waals surface area contributed by atoms with Crippen LogP contribution in [0.15, 0.2) is 41.1 Å². The number of nitrogens with zero attached hydrogens (tertiary/aromatic N) is 2. The number of para-hydroxylation sites is 1. The molecule has 1 amide bonds. The van der Waals surface area contributed by atoms with Crippen molar-refractivity contribution in [2.24, 2.45) is 7.05 Å². The van der Waals surface area contributed by atoms with Gasteiger partial charge in [-0.3, -0.25) is 9.48 Å². The zero-order valence-electron chi connectivity index (χ0n) is 11.3. The summed E-state index contributed by atoms with van der Waals surface area (Å²) in [5.74, 6) is -0.138. The maximum atomic E-state index is 12.4. The van der Waals surface area contributed by atoms with Gasteiger partial charge in [-0.2, -0.15) is 16.4 Å². The topological polar surface area (TPSA) is 46.9 Å². The van der Waals surface area contributed by atoms with Crippen molar-refractivity contribution in [3.05, 3.63) is 52.3 Å². The lowest BCUT2D eigenvalue weighted by molar-refractivity contribution is 0.0936. The summed E-state index contributed by atoms with van der Waals surface area (Å²) in [7, 11) is 1.85. The van der Waals surface area contributed by atoms with Crippen molar-refractivity contribution in [2.75, 3.05) is 0 Å². The third-order valence-electron chi connectivity index (χ3n) is 3.36. The van der Waals surface area contributed by atoms with E-state index in [1.807, 2.05) is 55.1 Å². The lowest BCUT2D eigenvalue weighted by Gasteiger charge is -2.11. The molecular formula is C15H15N3OS. The predicted octanol–water partition coefficient (Wildman–Crippen LogP) is 3.13. The summed E-state index contributed by atoms with van der Waals surface area (Å²) < 4.78 is 1.74. The van der Waals surface area contributed by atoms with E-state index in [-0.39, 0.29) is 11.9 Å². The van der Waals surface area contributed by atoms with Crippen LogP contribution in [-0.2, 0) is 7.05 Å². The molecule has 0 radical (unpaired) electrons. The van der Waals surface area contributed by atoms with E-state index in [4.69, 9.17) is 0 Å². The highest BCUT2D eigenvalue weighted by Crippen LogP contribution is 2.20. The van der Waals surface area contributed by atoms with Crippen LogP contribution >= 0.6 is 11.3 Å². The molecule has 0 aliphatic heterocycles. The number of fused-ring (bicyclic) bond motifs is 1. The van der Waals surface area contributed by atoms with Crippen molar-refractivity contribution in [1.82, 2.24) is 15.1 Å². The molecule has 2 aromatic heterocycles. The number of rotatable bonds is 3. The average molecular weight is 285 g/mol. The monoisotopic (exact) mass is 285 g/mol. The summed E-state index contributed by atoms with van der Waals surface area (Å²) in [6, 6.07) is 9.75. The fraction of sp³-hybridized carbons (Fsp3) is 0.200. The first-order valence-corrected chi connectivity index (χ1v) is 7.36. The second-order valence-electron chi connectivity index (χ2n) is 4.74. The van der Waals surface area contributed by atoms with E-state index in [0.29, 0.717) is 5.69 Å². The van der Waals surface area contributed by atoms with Crippen LogP contribution in [0.2, 0.25) is 0 Å². The Balaban J connectivity index is 1.90. The Morgan fingerprint density at radius 3 is 2.90 bits per heavy atom. The van der Waals surface area contributed by atoms with Gasteiger partial charge in [0.05, 0.1) is 11.6 Å². The average Bonchev–Trinajstić information content (AvgIpc) is 3.07. The molecule has 20 heavy (non-hydrogen) atoms. The minimum Gasteiger partial charge on any atom is -0.344 e. The van der Waals surface area contributed by atoms with E-state index in [1.54, 1.807) is 16.0 Å². The first kappa shape index (κ1) is 12.9. The number of thiophene rings is 1. The van der Waals surface area contributed by atoms with Crippen molar-refractivity contribution in [1.29, 1.82) is 0 Å². The van der Waals surface area contributed by atoms with E-state index >= 15 is 0 Å². The predicted molar refractivity (Wildman–Crippen MR) is 80.9 cm³/mol. The fourth-order valence-electron chi connectivity index (χ4n) is 2.25. The molecule has 0 aliphatic rings. The largest absolute Gasteiger partial charge is 0.344 e. The van der Waals surface area contributed by atoms with E-state index in [9.17, 15) is 4.79 Å². The molecule has 1 N–H and O–H groups in total. The zero-order chi connectivity index (χ0) is 14.1. The molecule has 4 nitrogen and oxygen atoms in total. The molecule has 1 aromatic carbocycles. The van der Waals surface area contributed by atoms with Crippen molar-refractivity contribution in [3.63, 3.8) is 0 Å². The van der Waals surface area contributed by atoms with Crippen molar-refractivity contribution in [3.8, 4) is 0 Å². The molecule has 0 bridgehead atoms. The van der Waals surface area contributed by atoms with Gasteiger partial charge in [-0.15, -0.1) is 0 Å². The van der Waals surface area contributed by atoms with E-state index < -0.39 is 0 Å². The van der Waals surface area contributed by atoms with Crippen molar-refractivity contribution >= 4 is 28.1 Å². The summed E-state index contributed by atoms with van der Waals surface area (Å²) in [4.78, 5) is 12.4. The number of carbonyl (C=O) groups excluding carboxylic acids is 1. The van der Waals surface area contributed by atoms with Gasteiger partial charge >= 0.3 is 0 Å². The molecule has 0 saturated heterocycles. The third-order valence-corrected chi connectivity index (χ3v) is 4.07. The van der Waals surface area contributed by atoms with Crippen molar-refractivity contribution in [2.45, 2.75) is 13.0 Å². The highest BCUT2D eigenvalue weighted by atomic mass is 32.1. The van der Waals surface area contributed by atoms with Crippen LogP contribution in [0.5, 0.6) is 0 Å². The number of aromatic nitrogens is 2. The molecule has 3 rings (SSSR count). The minimum absolute atomic E-state index is 0.0190. The minimum atomic E-state index is -0.138. The summed E-state index contributed by atoms with van der Waals surface area (Å²) in [6.07, 6.45) is 0. The summed E-state index contributed by atoms with van der Waals surface area (Å²) in [6.45, 7) is 1.98. The second-order valence-corrected chi connectivity index (χ2v) is 5.52. The molecule has 3 aromatic rings. The lowest BCUT2D eigenvalue weighted by Crippen LogP contribution is -2.27. The first-order chi connectivity index (χ1) is 9.66. The van der Waals surface area contributed by atoms with Crippen LogP contribution in [0, 0.1) is 0 Å². The Morgan fingerprint density at radius 1 is 1.35 bits per heavy atom. The van der Waals surface area contributed by atoms with Gasteiger partial charge < -0.3 is 5.32 Å². The van der Waals surface area contributed by atoms with Crippen LogP contribution in [0.25, 0.3) is 10.9 Å². The highest BCUT2D eigenvalue weighted by molar-refractivity contribution is 7.07. The van der Waals surface area contributed by atoms with Gasteiger partial charge in [0.15, 0.2) is 5.69 Å². The van der Waals surface area contributed by atoms with Gasteiger partial charge in [0.25, 0.3) is 5.91 Å². The summed E-state index contributed by atoms with van der Waals surface area (Å²) in [5, 5.41) is 12.3. The Bertz CT molecular complexity index is 746. The molecule has 0 saturated carbocycles. The van der Waals surface area contributed by atoms with E-state index in [2.05, 4.69) is 10.4 Å². The smallest absolute Gasteiger partial charge is 0.272 e. The number of nitrogens with one attached hydrogen (secondary N) is 1. The zero-order valence-corrected chi connectivity index (χ0v) is 12.1. The molecule has 0 spiro atoms. The van der Waals surface area contributed by atoms with Crippen LogP contribution in [-0.4, -0.2) is 15.7 Å². The number of carbonyl (C=O) groups is 1. The van der Waals surface area contributed by atoms with Crippen LogP contribution in [0.1, 0.15) is 29.0 Å². The molecule has 1 unspecified atom stereocenters. The number of aryl methyl sites for hydroxylation is 1. The molecule has 1 atom stereocenters. The van der Waals surface area contributed by atoms with Gasteiger partial charge in [0.1, 0.15) is 0 Å². The number of benzene rings is 1. The van der Waals surface area contributed by atoms with Gasteiger partial charge in [-0.25, -0.2) is 0 Å². The standard InChI is InChI=1S/C15H15N3OS/c1-10(11-7-8-20-9-11)16-15(19)14-12-5-3-4-6-13(12)18(2)17-14/h3-10H,1-2H3,(H,16,19). The van der Waals surface area contributed by atoms with Gasteiger partial charge in [-0.05, 0) is 35.4 Å². The SMILES string of the molecule is CC(NC(=O)c1nn(C)c2ccccc12)c1ccsc1. The molecule has 102 valence electrons.